The van der Waals surface area contributed by atoms with Gasteiger partial charge in [-0.3, -0.25) is 24.3 Å². The average molecular weight is 526 g/mol. The molecule has 0 spiro atoms. The topological polar surface area (TPSA) is 97.9 Å². The van der Waals surface area contributed by atoms with Gasteiger partial charge in [0.2, 0.25) is 11.8 Å². The van der Waals surface area contributed by atoms with Crippen molar-refractivity contribution < 1.29 is 33.3 Å². The molecule has 4 rings (SSSR count). The molecule has 1 fully saturated rings. The minimum atomic E-state index is -1.51. The molecular weight excluding hydrogens is 490 g/mol. The predicted octanol–water partition coefficient (Wildman–Crippen LogP) is 2.92. The van der Waals surface area contributed by atoms with Crippen molar-refractivity contribution in [2.45, 2.75) is 25.8 Å². The summed E-state index contributed by atoms with van der Waals surface area (Å²) in [5.41, 5.74) is 1.38. The second-order valence-corrected chi connectivity index (χ2v) is 9.76. The molecule has 0 N–H and O–H groups in total. The van der Waals surface area contributed by atoms with Crippen molar-refractivity contribution in [3.8, 4) is 23.0 Å². The summed E-state index contributed by atoms with van der Waals surface area (Å²) in [7, 11) is 9.12. The predicted molar refractivity (Wildman–Crippen MR) is 140 cm³/mol. The van der Waals surface area contributed by atoms with Gasteiger partial charge in [-0.05, 0) is 60.7 Å². The highest BCUT2D eigenvalue weighted by Gasteiger charge is 2.56. The van der Waals surface area contributed by atoms with Gasteiger partial charge in [0.25, 0.3) is 0 Å². The molecule has 0 saturated carbocycles. The molecule has 204 valence electrons. The number of carbonyl (C=O) groups is 3. The molecule has 0 bridgehead atoms. The third-order valence-electron chi connectivity index (χ3n) is 7.74. The monoisotopic (exact) mass is 525 g/mol. The summed E-state index contributed by atoms with van der Waals surface area (Å²) < 4.78 is 21.8. The van der Waals surface area contributed by atoms with E-state index in [0.717, 1.165) is 26.5 Å². The zero-order valence-corrected chi connectivity index (χ0v) is 23.0. The normalized spacial score (nSPS) is 19.3. The first-order valence-electron chi connectivity index (χ1n) is 12.4. The van der Waals surface area contributed by atoms with Crippen LogP contribution in [0.3, 0.4) is 0 Å². The van der Waals surface area contributed by atoms with Crippen molar-refractivity contribution in [2.75, 3.05) is 55.6 Å². The van der Waals surface area contributed by atoms with Gasteiger partial charge in [-0.1, -0.05) is 6.07 Å². The first kappa shape index (κ1) is 27.3. The van der Waals surface area contributed by atoms with Crippen LogP contribution in [-0.4, -0.2) is 88.2 Å². The number of fused-ring (bicyclic) bond motifs is 1. The van der Waals surface area contributed by atoms with Crippen LogP contribution in [0.2, 0.25) is 0 Å². The largest absolute Gasteiger partial charge is 0.493 e. The first-order chi connectivity index (χ1) is 18.1. The van der Waals surface area contributed by atoms with Gasteiger partial charge in [-0.15, -0.1) is 0 Å². The zero-order chi connectivity index (χ0) is 27.8. The molecule has 1 saturated heterocycles. The molecule has 1 atom stereocenters. The van der Waals surface area contributed by atoms with Crippen LogP contribution in [-0.2, 0) is 22.4 Å². The van der Waals surface area contributed by atoms with E-state index in [0.29, 0.717) is 36.0 Å². The van der Waals surface area contributed by atoms with E-state index >= 15 is 0 Å². The van der Waals surface area contributed by atoms with Gasteiger partial charge in [0.15, 0.2) is 23.0 Å². The Bertz CT molecular complexity index is 1240. The molecule has 2 aromatic carbocycles. The van der Waals surface area contributed by atoms with E-state index in [-0.39, 0.29) is 19.0 Å². The second kappa shape index (κ2) is 10.5. The highest BCUT2D eigenvalue weighted by atomic mass is 16.5. The van der Waals surface area contributed by atoms with E-state index < -0.39 is 23.3 Å². The van der Waals surface area contributed by atoms with Crippen LogP contribution in [0, 0.1) is 5.41 Å². The van der Waals surface area contributed by atoms with Gasteiger partial charge in [-0.2, -0.15) is 0 Å². The third kappa shape index (κ3) is 4.42. The van der Waals surface area contributed by atoms with Crippen LogP contribution in [0.25, 0.3) is 0 Å². The van der Waals surface area contributed by atoms with Crippen LogP contribution >= 0.6 is 0 Å². The number of hydrogen-bond donors (Lipinski definition) is 0. The lowest BCUT2D eigenvalue weighted by Gasteiger charge is -2.46. The number of barbiturate groups is 1. The number of urea groups is 1. The average Bonchev–Trinajstić information content (AvgIpc) is 2.94. The lowest BCUT2D eigenvalue weighted by Crippen LogP contribution is -2.67. The van der Waals surface area contributed by atoms with Crippen LogP contribution in [0.15, 0.2) is 30.3 Å². The Labute approximate surface area is 223 Å². The molecule has 0 aromatic heterocycles. The SMILES string of the molecule is COc1ccc(CC2(CN3CCc4cc(OC)c(OC)cc4[C@@H]3C)C(=O)N(C)C(=O)N(C)C2=O)cc1OC. The van der Waals surface area contributed by atoms with Crippen molar-refractivity contribution in [2.24, 2.45) is 5.41 Å². The summed E-state index contributed by atoms with van der Waals surface area (Å²) in [5, 5.41) is 0. The number of hydrogen-bond acceptors (Lipinski definition) is 8. The lowest BCUT2D eigenvalue weighted by molar-refractivity contribution is -0.159. The number of carbonyl (C=O) groups excluding carboxylic acids is 3. The maximum Gasteiger partial charge on any atom is 0.332 e. The summed E-state index contributed by atoms with van der Waals surface area (Å²) in [6.07, 6.45) is 0.800. The van der Waals surface area contributed by atoms with Gasteiger partial charge >= 0.3 is 6.03 Å². The molecule has 38 heavy (non-hydrogen) atoms. The van der Waals surface area contributed by atoms with Gasteiger partial charge in [-0.25, -0.2) is 4.79 Å². The molecule has 2 aliphatic heterocycles. The summed E-state index contributed by atoms with van der Waals surface area (Å²) >= 11 is 0. The Morgan fingerprint density at radius 1 is 0.816 bits per heavy atom. The van der Waals surface area contributed by atoms with Gasteiger partial charge in [0.1, 0.15) is 5.41 Å². The molecule has 10 heteroatoms. The number of ether oxygens (including phenoxy) is 4. The fourth-order valence-electron chi connectivity index (χ4n) is 5.57. The smallest absolute Gasteiger partial charge is 0.332 e. The number of nitrogens with zero attached hydrogens (tertiary/aromatic N) is 3. The van der Waals surface area contributed by atoms with Crippen molar-refractivity contribution >= 4 is 17.8 Å². The lowest BCUT2D eigenvalue weighted by atomic mass is 9.76. The summed E-state index contributed by atoms with van der Waals surface area (Å²) in [4.78, 5) is 44.6. The van der Waals surface area contributed by atoms with Crippen LogP contribution in [0.1, 0.15) is 29.7 Å². The molecule has 0 aliphatic carbocycles. The summed E-state index contributed by atoms with van der Waals surface area (Å²) in [6.45, 7) is 2.81. The van der Waals surface area contributed by atoms with Crippen molar-refractivity contribution in [3.05, 3.63) is 47.0 Å². The Morgan fingerprint density at radius 2 is 1.37 bits per heavy atom. The van der Waals surface area contributed by atoms with Crippen molar-refractivity contribution in [1.82, 2.24) is 14.7 Å². The number of methoxy groups -OCH3 is 4. The number of imide groups is 2. The maximum atomic E-state index is 13.8. The standard InChI is InChI=1S/C28H35N3O7/c1-17-20-14-24(38-7)23(37-6)13-19(20)10-11-31(17)16-28(25(32)29(2)27(34)30(3)26(28)33)15-18-8-9-21(35-4)22(12-18)36-5/h8-9,12-14,17H,10-11,15-16H2,1-7H3/t17-/m0/s1. The van der Waals surface area contributed by atoms with Gasteiger partial charge in [0.05, 0.1) is 28.4 Å². The fraction of sp³-hybridized carbons (Fsp3) is 0.464. The second-order valence-electron chi connectivity index (χ2n) is 9.76. The minimum absolute atomic E-state index is 0.0923. The number of rotatable bonds is 8. The Balaban J connectivity index is 1.76. The van der Waals surface area contributed by atoms with E-state index in [1.807, 2.05) is 25.1 Å². The Kier molecular flexibility index (Phi) is 7.55. The highest BCUT2D eigenvalue weighted by Crippen LogP contribution is 2.42. The number of benzene rings is 2. The maximum absolute atomic E-state index is 13.8. The molecular formula is C28H35N3O7. The van der Waals surface area contributed by atoms with Crippen LogP contribution in [0.5, 0.6) is 23.0 Å². The molecule has 10 nitrogen and oxygen atoms in total. The molecule has 0 unspecified atom stereocenters. The van der Waals surface area contributed by atoms with E-state index in [1.165, 1.54) is 21.2 Å². The van der Waals surface area contributed by atoms with Gasteiger partial charge in [0, 0.05) is 33.2 Å². The van der Waals surface area contributed by atoms with E-state index in [4.69, 9.17) is 18.9 Å². The first-order valence-corrected chi connectivity index (χ1v) is 12.4. The highest BCUT2D eigenvalue weighted by molar-refractivity contribution is 6.19. The van der Waals surface area contributed by atoms with Gasteiger partial charge < -0.3 is 18.9 Å². The molecule has 4 amide bonds. The van der Waals surface area contributed by atoms with Crippen molar-refractivity contribution in [1.29, 1.82) is 0 Å². The van der Waals surface area contributed by atoms with E-state index in [9.17, 15) is 14.4 Å². The Hall–Kier alpha value is -3.79. The number of amides is 4. The third-order valence-corrected chi connectivity index (χ3v) is 7.74. The quantitative estimate of drug-likeness (QED) is 0.486. The molecule has 0 radical (unpaired) electrons. The fourth-order valence-corrected chi connectivity index (χ4v) is 5.57. The van der Waals surface area contributed by atoms with E-state index in [1.54, 1.807) is 33.5 Å². The molecule has 2 heterocycles. The van der Waals surface area contributed by atoms with Crippen LogP contribution < -0.4 is 18.9 Å². The van der Waals surface area contributed by atoms with Crippen LogP contribution in [0.4, 0.5) is 4.79 Å². The molecule has 2 aromatic rings. The van der Waals surface area contributed by atoms with E-state index in [2.05, 4.69) is 4.90 Å². The summed E-state index contributed by atoms with van der Waals surface area (Å²) in [6, 6.07) is 8.51. The van der Waals surface area contributed by atoms with Crippen molar-refractivity contribution in [3.63, 3.8) is 0 Å². The molecule has 2 aliphatic rings. The summed E-state index contributed by atoms with van der Waals surface area (Å²) in [5.74, 6) is 1.28. The Morgan fingerprint density at radius 3 is 1.95 bits per heavy atom. The zero-order valence-electron chi connectivity index (χ0n) is 23.0. The minimum Gasteiger partial charge on any atom is -0.493 e.